The first-order valence-electron chi connectivity index (χ1n) is 2.90. The minimum absolute atomic E-state index is 0.566. The highest BCUT2D eigenvalue weighted by atomic mass is 35.5. The summed E-state index contributed by atoms with van der Waals surface area (Å²) in [5.41, 5.74) is 0. The Morgan fingerprint density at radius 1 is 1.60 bits per heavy atom. The fraction of sp³-hybridized carbons (Fsp3) is 0.286. The van der Waals surface area contributed by atoms with Crippen LogP contribution in [0.3, 0.4) is 0 Å². The van der Waals surface area contributed by atoms with E-state index in [2.05, 4.69) is 4.85 Å². The summed E-state index contributed by atoms with van der Waals surface area (Å²) in [5.74, 6) is 0. The van der Waals surface area contributed by atoms with Crippen molar-refractivity contribution in [2.24, 2.45) is 0 Å². The molecule has 1 aromatic rings. The van der Waals surface area contributed by atoms with E-state index in [0.717, 1.165) is 10.8 Å². The molecule has 0 saturated heterocycles. The van der Waals surface area contributed by atoms with Crippen LogP contribution in [0.2, 0.25) is 4.34 Å². The normalized spacial score (nSPS) is 9.20. The number of thiophene rings is 1. The summed E-state index contributed by atoms with van der Waals surface area (Å²) in [6, 6.07) is 3.84. The number of hydrogen-bond donors (Lipinski definition) is 0. The zero-order valence-corrected chi connectivity index (χ0v) is 6.87. The molecular formula is C7H6ClNS. The molecule has 0 spiro atoms. The smallest absolute Gasteiger partial charge is 0.219 e. The number of halogens is 1. The average Bonchev–Trinajstić information content (AvgIpc) is 2.31. The van der Waals surface area contributed by atoms with E-state index in [1.54, 1.807) is 11.3 Å². The predicted octanol–water partition coefficient (Wildman–Crippen LogP) is 2.86. The fourth-order valence-corrected chi connectivity index (χ4v) is 1.73. The van der Waals surface area contributed by atoms with Crippen molar-refractivity contribution >= 4 is 22.9 Å². The molecule has 0 N–H and O–H groups in total. The van der Waals surface area contributed by atoms with Crippen LogP contribution < -0.4 is 0 Å². The second-order valence-electron chi connectivity index (χ2n) is 1.84. The van der Waals surface area contributed by atoms with Gasteiger partial charge in [-0.25, -0.2) is 6.57 Å². The average molecular weight is 172 g/mol. The molecule has 3 heteroatoms. The van der Waals surface area contributed by atoms with E-state index >= 15 is 0 Å². The van der Waals surface area contributed by atoms with Gasteiger partial charge >= 0.3 is 0 Å². The predicted molar refractivity (Wildman–Crippen MR) is 44.5 cm³/mol. The van der Waals surface area contributed by atoms with Crippen molar-refractivity contribution in [1.82, 2.24) is 0 Å². The first-order valence-corrected chi connectivity index (χ1v) is 4.10. The van der Waals surface area contributed by atoms with E-state index in [-0.39, 0.29) is 0 Å². The molecule has 52 valence electrons. The van der Waals surface area contributed by atoms with Gasteiger partial charge in [0.05, 0.1) is 10.8 Å². The maximum atomic E-state index is 6.56. The lowest BCUT2D eigenvalue weighted by Gasteiger charge is -1.83. The van der Waals surface area contributed by atoms with Crippen LogP contribution in [0, 0.1) is 6.57 Å². The lowest BCUT2D eigenvalue weighted by Crippen LogP contribution is -1.80. The Kier molecular flexibility index (Phi) is 2.73. The van der Waals surface area contributed by atoms with Gasteiger partial charge in [0.25, 0.3) is 0 Å². The molecule has 1 rings (SSSR count). The van der Waals surface area contributed by atoms with Gasteiger partial charge in [-0.05, 0) is 12.1 Å². The highest BCUT2D eigenvalue weighted by molar-refractivity contribution is 7.16. The third kappa shape index (κ3) is 2.02. The molecule has 0 saturated carbocycles. The van der Waals surface area contributed by atoms with Crippen LogP contribution in [0.15, 0.2) is 12.1 Å². The summed E-state index contributed by atoms with van der Waals surface area (Å²) in [5, 5.41) is 0. The van der Waals surface area contributed by atoms with Crippen molar-refractivity contribution in [2.75, 3.05) is 6.54 Å². The van der Waals surface area contributed by atoms with Crippen LogP contribution in [-0.2, 0) is 6.42 Å². The summed E-state index contributed by atoms with van der Waals surface area (Å²) >= 11 is 7.23. The second kappa shape index (κ2) is 3.60. The zero-order chi connectivity index (χ0) is 7.40. The van der Waals surface area contributed by atoms with Gasteiger partial charge in [0.2, 0.25) is 6.54 Å². The van der Waals surface area contributed by atoms with Crippen molar-refractivity contribution in [2.45, 2.75) is 6.42 Å². The van der Waals surface area contributed by atoms with E-state index in [1.165, 1.54) is 4.88 Å². The Morgan fingerprint density at radius 2 is 2.40 bits per heavy atom. The van der Waals surface area contributed by atoms with Crippen molar-refractivity contribution in [3.8, 4) is 0 Å². The van der Waals surface area contributed by atoms with Crippen LogP contribution in [0.25, 0.3) is 4.85 Å². The second-order valence-corrected chi connectivity index (χ2v) is 3.64. The third-order valence-corrected chi connectivity index (χ3v) is 2.39. The molecule has 0 aliphatic rings. The molecule has 1 nitrogen and oxygen atoms in total. The Morgan fingerprint density at radius 3 is 2.90 bits per heavy atom. The van der Waals surface area contributed by atoms with Crippen molar-refractivity contribution in [1.29, 1.82) is 0 Å². The minimum Gasteiger partial charge on any atom is -0.317 e. The van der Waals surface area contributed by atoms with Crippen molar-refractivity contribution < 1.29 is 0 Å². The van der Waals surface area contributed by atoms with E-state index < -0.39 is 0 Å². The van der Waals surface area contributed by atoms with Crippen LogP contribution in [0.1, 0.15) is 4.88 Å². The summed E-state index contributed by atoms with van der Waals surface area (Å²) < 4.78 is 0.806. The van der Waals surface area contributed by atoms with Gasteiger partial charge in [-0.15, -0.1) is 11.3 Å². The van der Waals surface area contributed by atoms with E-state index in [4.69, 9.17) is 18.2 Å². The van der Waals surface area contributed by atoms with Gasteiger partial charge < -0.3 is 4.85 Å². The minimum atomic E-state index is 0.566. The fourth-order valence-electron chi connectivity index (χ4n) is 0.652. The first kappa shape index (κ1) is 7.59. The standard InChI is InChI=1S/C7H6ClNS/c1-9-5-4-6-2-3-7(8)10-6/h2-3H,4-5H2. The molecule has 0 radical (unpaired) electrons. The topological polar surface area (TPSA) is 4.36 Å². The molecule has 0 aliphatic carbocycles. The number of rotatable bonds is 2. The molecule has 0 bridgehead atoms. The molecular weight excluding hydrogens is 166 g/mol. The van der Waals surface area contributed by atoms with Gasteiger partial charge in [0.15, 0.2) is 0 Å². The van der Waals surface area contributed by atoms with Gasteiger partial charge in [-0.3, -0.25) is 0 Å². The Balaban J connectivity index is 2.52. The largest absolute Gasteiger partial charge is 0.317 e. The maximum Gasteiger partial charge on any atom is 0.219 e. The Labute approximate surface area is 69.1 Å². The van der Waals surface area contributed by atoms with Crippen LogP contribution in [0.5, 0.6) is 0 Å². The molecule has 0 aliphatic heterocycles. The quantitative estimate of drug-likeness (QED) is 0.603. The Bertz CT molecular complexity index is 248. The monoisotopic (exact) mass is 171 g/mol. The summed E-state index contributed by atoms with van der Waals surface area (Å²) in [6.07, 6.45) is 0.834. The van der Waals surface area contributed by atoms with E-state index in [9.17, 15) is 0 Å². The highest BCUT2D eigenvalue weighted by Crippen LogP contribution is 2.21. The lowest BCUT2D eigenvalue weighted by atomic mass is 10.3. The first-order chi connectivity index (χ1) is 4.83. The van der Waals surface area contributed by atoms with Crippen LogP contribution >= 0.6 is 22.9 Å². The molecule has 0 aromatic carbocycles. The summed E-state index contributed by atoms with van der Waals surface area (Å²) in [6.45, 7) is 7.12. The SMILES string of the molecule is [C-]#[N+]CCc1ccc(Cl)s1. The molecule has 1 aromatic heterocycles. The van der Waals surface area contributed by atoms with Crippen LogP contribution in [-0.4, -0.2) is 6.54 Å². The number of hydrogen-bond acceptors (Lipinski definition) is 1. The molecule has 0 unspecified atom stereocenters. The summed E-state index contributed by atoms with van der Waals surface area (Å²) in [4.78, 5) is 4.45. The highest BCUT2D eigenvalue weighted by Gasteiger charge is 1.97. The molecule has 0 amide bonds. The molecule has 0 atom stereocenters. The van der Waals surface area contributed by atoms with E-state index in [0.29, 0.717) is 6.54 Å². The summed E-state index contributed by atoms with van der Waals surface area (Å²) in [7, 11) is 0. The van der Waals surface area contributed by atoms with Crippen LogP contribution in [0.4, 0.5) is 0 Å². The maximum absolute atomic E-state index is 6.56. The van der Waals surface area contributed by atoms with E-state index in [1.807, 2.05) is 12.1 Å². The van der Waals surface area contributed by atoms with Gasteiger partial charge in [-0.1, -0.05) is 11.6 Å². The van der Waals surface area contributed by atoms with Gasteiger partial charge in [0.1, 0.15) is 0 Å². The molecule has 10 heavy (non-hydrogen) atoms. The van der Waals surface area contributed by atoms with Crippen molar-refractivity contribution in [3.63, 3.8) is 0 Å². The zero-order valence-electron chi connectivity index (χ0n) is 5.30. The third-order valence-electron chi connectivity index (χ3n) is 1.10. The van der Waals surface area contributed by atoms with Gasteiger partial charge in [0, 0.05) is 4.88 Å². The molecule has 0 fully saturated rings. The lowest BCUT2D eigenvalue weighted by molar-refractivity contribution is 1.11. The number of nitrogens with zero attached hydrogens (tertiary/aromatic N) is 1. The van der Waals surface area contributed by atoms with Crippen molar-refractivity contribution in [3.05, 3.63) is 32.8 Å². The Hall–Kier alpha value is -0.520. The molecule has 1 heterocycles. The van der Waals surface area contributed by atoms with Gasteiger partial charge in [-0.2, -0.15) is 0 Å².